The quantitative estimate of drug-likeness (QED) is 0.737. The summed E-state index contributed by atoms with van der Waals surface area (Å²) in [7, 11) is 0. The molecule has 0 saturated carbocycles. The normalized spacial score (nSPS) is 22.0. The average Bonchev–Trinajstić information content (AvgIpc) is 2.64. The zero-order chi connectivity index (χ0) is 13.1. The van der Waals surface area contributed by atoms with Gasteiger partial charge in [0.1, 0.15) is 0 Å². The van der Waals surface area contributed by atoms with Crippen LogP contribution in [0.25, 0.3) is 0 Å². The first-order chi connectivity index (χ1) is 8.58. The van der Waals surface area contributed by atoms with Crippen LogP contribution in [0.5, 0.6) is 0 Å². The predicted molar refractivity (Wildman–Crippen MR) is 70.2 cm³/mol. The molecule has 0 spiro atoms. The number of hydrogen-bond donors (Lipinski definition) is 3. The van der Waals surface area contributed by atoms with Crippen molar-refractivity contribution in [1.29, 1.82) is 0 Å². The van der Waals surface area contributed by atoms with Gasteiger partial charge in [0.25, 0.3) is 0 Å². The van der Waals surface area contributed by atoms with Crippen LogP contribution in [0, 0.1) is 0 Å². The maximum Gasteiger partial charge on any atom is 0.234 e. The van der Waals surface area contributed by atoms with Gasteiger partial charge < -0.3 is 15.7 Å². The molecule has 0 heterocycles. The van der Waals surface area contributed by atoms with Crippen LogP contribution in [-0.4, -0.2) is 29.7 Å². The first kappa shape index (κ1) is 13.1. The molecule has 98 valence electrons. The van der Waals surface area contributed by atoms with E-state index in [0.29, 0.717) is 6.42 Å². The van der Waals surface area contributed by atoms with Crippen LogP contribution in [-0.2, 0) is 11.2 Å². The van der Waals surface area contributed by atoms with E-state index in [1.807, 2.05) is 38.1 Å². The fourth-order valence-corrected chi connectivity index (χ4v) is 2.27. The SMILES string of the molecule is CC(C)NCC(=O)N[C@H]1c2ccccc2C[C@H]1O. The summed E-state index contributed by atoms with van der Waals surface area (Å²) in [6.07, 6.45) is 0.0871. The van der Waals surface area contributed by atoms with E-state index in [4.69, 9.17) is 0 Å². The molecule has 0 aromatic heterocycles. The predicted octanol–water partition coefficient (Wildman–Crippen LogP) is 0.759. The molecule has 0 fully saturated rings. The van der Waals surface area contributed by atoms with Gasteiger partial charge in [-0.25, -0.2) is 0 Å². The van der Waals surface area contributed by atoms with Gasteiger partial charge in [-0.2, -0.15) is 0 Å². The Balaban J connectivity index is 1.99. The molecule has 1 aromatic carbocycles. The Morgan fingerprint density at radius 1 is 1.44 bits per heavy atom. The highest BCUT2D eigenvalue weighted by molar-refractivity contribution is 5.78. The largest absolute Gasteiger partial charge is 0.390 e. The van der Waals surface area contributed by atoms with Crippen molar-refractivity contribution < 1.29 is 9.90 Å². The second-order valence-corrected chi connectivity index (χ2v) is 5.05. The minimum Gasteiger partial charge on any atom is -0.390 e. The van der Waals surface area contributed by atoms with Gasteiger partial charge in [-0.1, -0.05) is 38.1 Å². The van der Waals surface area contributed by atoms with Gasteiger partial charge in [-0.3, -0.25) is 4.79 Å². The zero-order valence-electron chi connectivity index (χ0n) is 10.8. The van der Waals surface area contributed by atoms with Gasteiger partial charge in [0.05, 0.1) is 18.7 Å². The highest BCUT2D eigenvalue weighted by Gasteiger charge is 2.31. The van der Waals surface area contributed by atoms with E-state index in [1.165, 1.54) is 0 Å². The molecule has 1 aliphatic carbocycles. The monoisotopic (exact) mass is 248 g/mol. The number of nitrogens with one attached hydrogen (secondary N) is 2. The van der Waals surface area contributed by atoms with Crippen molar-refractivity contribution in [3.05, 3.63) is 35.4 Å². The molecule has 0 saturated heterocycles. The minimum absolute atomic E-state index is 0.0792. The first-order valence-electron chi connectivity index (χ1n) is 6.36. The van der Waals surface area contributed by atoms with E-state index in [9.17, 15) is 9.90 Å². The van der Waals surface area contributed by atoms with Crippen molar-refractivity contribution in [2.45, 2.75) is 38.5 Å². The molecule has 18 heavy (non-hydrogen) atoms. The lowest BCUT2D eigenvalue weighted by molar-refractivity contribution is -0.121. The minimum atomic E-state index is -0.523. The first-order valence-corrected chi connectivity index (χ1v) is 6.36. The smallest absolute Gasteiger partial charge is 0.234 e. The van der Waals surface area contributed by atoms with Crippen molar-refractivity contribution in [2.24, 2.45) is 0 Å². The van der Waals surface area contributed by atoms with Crippen LogP contribution >= 0.6 is 0 Å². The number of carbonyl (C=O) groups is 1. The Hall–Kier alpha value is -1.39. The van der Waals surface area contributed by atoms with Gasteiger partial charge in [-0.05, 0) is 11.1 Å². The number of hydrogen-bond acceptors (Lipinski definition) is 3. The Labute approximate surface area is 107 Å². The molecule has 0 radical (unpaired) electrons. The number of rotatable bonds is 4. The lowest BCUT2D eigenvalue weighted by Gasteiger charge is -2.18. The van der Waals surface area contributed by atoms with Gasteiger partial charge in [0, 0.05) is 12.5 Å². The van der Waals surface area contributed by atoms with Crippen molar-refractivity contribution in [3.63, 3.8) is 0 Å². The summed E-state index contributed by atoms with van der Waals surface area (Å²) < 4.78 is 0. The van der Waals surface area contributed by atoms with E-state index in [0.717, 1.165) is 11.1 Å². The second kappa shape index (κ2) is 5.50. The molecule has 1 amide bonds. The van der Waals surface area contributed by atoms with Gasteiger partial charge in [0.2, 0.25) is 5.91 Å². The van der Waals surface area contributed by atoms with Crippen LogP contribution in [0.15, 0.2) is 24.3 Å². The van der Waals surface area contributed by atoms with E-state index in [1.54, 1.807) is 0 Å². The van der Waals surface area contributed by atoms with Gasteiger partial charge in [-0.15, -0.1) is 0 Å². The van der Waals surface area contributed by atoms with Crippen LogP contribution in [0.4, 0.5) is 0 Å². The number of aliphatic hydroxyl groups is 1. The van der Waals surface area contributed by atoms with Gasteiger partial charge >= 0.3 is 0 Å². The molecule has 4 heteroatoms. The van der Waals surface area contributed by atoms with Crippen molar-refractivity contribution in [2.75, 3.05) is 6.54 Å². The highest BCUT2D eigenvalue weighted by atomic mass is 16.3. The topological polar surface area (TPSA) is 61.4 Å². The summed E-state index contributed by atoms with van der Waals surface area (Å²) in [5.74, 6) is -0.0792. The summed E-state index contributed by atoms with van der Waals surface area (Å²) >= 11 is 0. The third-order valence-corrected chi connectivity index (χ3v) is 3.19. The van der Waals surface area contributed by atoms with E-state index in [2.05, 4.69) is 10.6 Å². The molecule has 2 atom stereocenters. The number of aliphatic hydroxyl groups excluding tert-OH is 1. The summed E-state index contributed by atoms with van der Waals surface area (Å²) in [6.45, 7) is 4.27. The third-order valence-electron chi connectivity index (χ3n) is 3.19. The third kappa shape index (κ3) is 2.89. The maximum atomic E-state index is 11.8. The summed E-state index contributed by atoms with van der Waals surface area (Å²) in [4.78, 5) is 11.8. The maximum absolute atomic E-state index is 11.8. The van der Waals surface area contributed by atoms with Crippen molar-refractivity contribution in [1.82, 2.24) is 10.6 Å². The van der Waals surface area contributed by atoms with Crippen molar-refractivity contribution in [3.8, 4) is 0 Å². The summed E-state index contributed by atoms with van der Waals surface area (Å²) in [5.41, 5.74) is 2.15. The molecule has 1 aromatic rings. The Kier molecular flexibility index (Phi) is 3.99. The van der Waals surface area contributed by atoms with Crippen molar-refractivity contribution >= 4 is 5.91 Å². The zero-order valence-corrected chi connectivity index (χ0v) is 10.8. The van der Waals surface area contributed by atoms with E-state index < -0.39 is 6.10 Å². The second-order valence-electron chi connectivity index (χ2n) is 5.05. The summed E-state index contributed by atoms with van der Waals surface area (Å²) in [5, 5.41) is 16.0. The molecule has 0 aliphatic heterocycles. The van der Waals surface area contributed by atoms with E-state index >= 15 is 0 Å². The fraction of sp³-hybridized carbons (Fsp3) is 0.500. The lowest BCUT2D eigenvalue weighted by Crippen LogP contribution is -2.41. The highest BCUT2D eigenvalue weighted by Crippen LogP contribution is 2.30. The molecule has 4 nitrogen and oxygen atoms in total. The average molecular weight is 248 g/mol. The lowest BCUT2D eigenvalue weighted by atomic mass is 10.1. The molecular formula is C14H20N2O2. The fourth-order valence-electron chi connectivity index (χ4n) is 2.27. The number of fused-ring (bicyclic) bond motifs is 1. The van der Waals surface area contributed by atoms with Crippen LogP contribution in [0.2, 0.25) is 0 Å². The summed E-state index contributed by atoms with van der Waals surface area (Å²) in [6, 6.07) is 7.85. The number of benzene rings is 1. The molecule has 1 aliphatic rings. The van der Waals surface area contributed by atoms with Crippen LogP contribution in [0.3, 0.4) is 0 Å². The van der Waals surface area contributed by atoms with Crippen LogP contribution in [0.1, 0.15) is 31.0 Å². The molecule has 0 bridgehead atoms. The van der Waals surface area contributed by atoms with E-state index in [-0.39, 0.29) is 24.5 Å². The Morgan fingerprint density at radius 3 is 2.89 bits per heavy atom. The molecular weight excluding hydrogens is 228 g/mol. The Morgan fingerprint density at radius 2 is 2.17 bits per heavy atom. The molecule has 2 rings (SSSR count). The Bertz CT molecular complexity index is 432. The number of amides is 1. The molecule has 3 N–H and O–H groups in total. The van der Waals surface area contributed by atoms with Crippen LogP contribution < -0.4 is 10.6 Å². The standard InChI is InChI=1S/C14H20N2O2/c1-9(2)15-8-13(18)16-14-11-6-4-3-5-10(11)7-12(14)17/h3-6,9,12,14-15,17H,7-8H2,1-2H3,(H,16,18)/t12-,14+/m1/s1. The molecule has 0 unspecified atom stereocenters. The number of carbonyl (C=O) groups excluding carboxylic acids is 1. The van der Waals surface area contributed by atoms with Gasteiger partial charge in [0.15, 0.2) is 0 Å².